The van der Waals surface area contributed by atoms with E-state index in [2.05, 4.69) is 19.1 Å². The number of aliphatic carboxylic acids is 1. The number of rotatable bonds is 6. The van der Waals surface area contributed by atoms with Gasteiger partial charge in [-0.25, -0.2) is 0 Å². The molecule has 88 valence electrons. The van der Waals surface area contributed by atoms with E-state index in [1.165, 1.54) is 18.4 Å². The molecule has 0 fully saturated rings. The van der Waals surface area contributed by atoms with E-state index in [0.717, 1.165) is 12.1 Å². The summed E-state index contributed by atoms with van der Waals surface area (Å²) in [6.45, 7) is 2.21. The van der Waals surface area contributed by atoms with Gasteiger partial charge in [-0.15, -0.1) is 0 Å². The lowest BCUT2D eigenvalue weighted by Gasteiger charge is -2.16. The zero-order valence-corrected chi connectivity index (χ0v) is 9.94. The van der Waals surface area contributed by atoms with Gasteiger partial charge >= 0.3 is 5.97 Å². The van der Waals surface area contributed by atoms with Gasteiger partial charge in [0, 0.05) is 12.7 Å². The molecule has 3 nitrogen and oxygen atoms in total. The average molecular weight is 221 g/mol. The molecule has 0 aliphatic rings. The predicted octanol–water partition coefficient (Wildman–Crippen LogP) is 2.55. The smallest absolute Gasteiger partial charge is 0.323 e. The van der Waals surface area contributed by atoms with Crippen LogP contribution in [0.2, 0.25) is 0 Å². The first kappa shape index (κ1) is 12.6. The van der Waals surface area contributed by atoms with Crippen LogP contribution in [-0.4, -0.2) is 24.7 Å². The number of anilines is 1. The van der Waals surface area contributed by atoms with E-state index in [0.29, 0.717) is 0 Å². The van der Waals surface area contributed by atoms with E-state index in [9.17, 15) is 4.79 Å². The molecule has 0 heterocycles. The fourth-order valence-corrected chi connectivity index (χ4v) is 1.59. The molecule has 0 spiro atoms. The van der Waals surface area contributed by atoms with Crippen LogP contribution in [0.4, 0.5) is 5.69 Å². The Morgan fingerprint density at radius 1 is 1.31 bits per heavy atom. The molecule has 1 N–H and O–H groups in total. The van der Waals surface area contributed by atoms with E-state index >= 15 is 0 Å². The second kappa shape index (κ2) is 6.16. The van der Waals surface area contributed by atoms with Crippen molar-refractivity contribution in [2.24, 2.45) is 0 Å². The largest absolute Gasteiger partial charge is 0.480 e. The summed E-state index contributed by atoms with van der Waals surface area (Å²) >= 11 is 0. The van der Waals surface area contributed by atoms with Crippen molar-refractivity contribution in [2.75, 3.05) is 18.5 Å². The molecule has 1 aromatic rings. The van der Waals surface area contributed by atoms with Crippen LogP contribution in [-0.2, 0) is 11.2 Å². The molecule has 0 saturated heterocycles. The van der Waals surface area contributed by atoms with Gasteiger partial charge in [0.05, 0.1) is 0 Å². The summed E-state index contributed by atoms with van der Waals surface area (Å²) in [4.78, 5) is 12.3. The van der Waals surface area contributed by atoms with Gasteiger partial charge in [-0.05, 0) is 30.5 Å². The zero-order valence-electron chi connectivity index (χ0n) is 9.94. The summed E-state index contributed by atoms with van der Waals surface area (Å²) in [6, 6.07) is 8.11. The van der Waals surface area contributed by atoms with Crippen molar-refractivity contribution in [3.8, 4) is 0 Å². The molecule has 16 heavy (non-hydrogen) atoms. The number of carbonyl (C=O) groups is 1. The molecule has 0 radical (unpaired) electrons. The topological polar surface area (TPSA) is 40.5 Å². The van der Waals surface area contributed by atoms with Crippen molar-refractivity contribution in [1.82, 2.24) is 0 Å². The number of carboxylic acids is 1. The Kier molecular flexibility index (Phi) is 4.83. The predicted molar refractivity (Wildman–Crippen MR) is 66.0 cm³/mol. The van der Waals surface area contributed by atoms with Gasteiger partial charge in [0.2, 0.25) is 0 Å². The Hall–Kier alpha value is -1.51. The number of benzene rings is 1. The van der Waals surface area contributed by atoms with Crippen molar-refractivity contribution < 1.29 is 9.90 Å². The molecule has 3 heteroatoms. The SMILES string of the molecule is CCCCc1ccc(N(C)CC(=O)O)cc1. The number of carboxylic acid groups (broad SMARTS) is 1. The Balaban J connectivity index is 2.59. The lowest BCUT2D eigenvalue weighted by Crippen LogP contribution is -2.24. The van der Waals surface area contributed by atoms with Crippen LogP contribution >= 0.6 is 0 Å². The minimum Gasteiger partial charge on any atom is -0.480 e. The minimum atomic E-state index is -0.808. The maximum Gasteiger partial charge on any atom is 0.323 e. The van der Waals surface area contributed by atoms with Gasteiger partial charge in [0.1, 0.15) is 6.54 Å². The van der Waals surface area contributed by atoms with Crippen molar-refractivity contribution in [3.63, 3.8) is 0 Å². The van der Waals surface area contributed by atoms with Crippen LogP contribution < -0.4 is 4.90 Å². The average Bonchev–Trinajstić information content (AvgIpc) is 2.26. The summed E-state index contributed by atoms with van der Waals surface area (Å²) in [5.74, 6) is -0.808. The summed E-state index contributed by atoms with van der Waals surface area (Å²) in [5.41, 5.74) is 2.26. The number of likely N-dealkylation sites (N-methyl/N-ethyl adjacent to an activating group) is 1. The van der Waals surface area contributed by atoms with Crippen molar-refractivity contribution in [3.05, 3.63) is 29.8 Å². The molecule has 0 unspecified atom stereocenters. The number of hydrogen-bond acceptors (Lipinski definition) is 2. The standard InChI is InChI=1S/C13H19NO2/c1-3-4-5-11-6-8-12(9-7-11)14(2)10-13(15)16/h6-9H,3-5,10H2,1-2H3,(H,15,16). The van der Waals surface area contributed by atoms with Crippen LogP contribution in [0.5, 0.6) is 0 Å². The molecule has 0 aromatic heterocycles. The summed E-state index contributed by atoms with van der Waals surface area (Å²) in [7, 11) is 1.79. The van der Waals surface area contributed by atoms with Gasteiger partial charge < -0.3 is 10.0 Å². The van der Waals surface area contributed by atoms with Gasteiger partial charge in [-0.1, -0.05) is 25.5 Å². The minimum absolute atomic E-state index is 0.0360. The Bertz CT molecular complexity index is 332. The van der Waals surface area contributed by atoms with Gasteiger partial charge in [0.15, 0.2) is 0 Å². The normalized spacial score (nSPS) is 10.1. The first-order valence-corrected chi connectivity index (χ1v) is 5.65. The second-order valence-electron chi connectivity index (χ2n) is 4.02. The van der Waals surface area contributed by atoms with E-state index < -0.39 is 5.97 Å². The van der Waals surface area contributed by atoms with Crippen molar-refractivity contribution in [1.29, 1.82) is 0 Å². The quantitative estimate of drug-likeness (QED) is 0.802. The first-order valence-electron chi connectivity index (χ1n) is 5.65. The van der Waals surface area contributed by atoms with Crippen LogP contribution in [0, 0.1) is 0 Å². The fourth-order valence-electron chi connectivity index (χ4n) is 1.59. The summed E-state index contributed by atoms with van der Waals surface area (Å²) < 4.78 is 0. The number of nitrogens with zero attached hydrogens (tertiary/aromatic N) is 1. The summed E-state index contributed by atoms with van der Waals surface area (Å²) in [5, 5.41) is 8.67. The number of unbranched alkanes of at least 4 members (excludes halogenated alkanes) is 1. The zero-order chi connectivity index (χ0) is 12.0. The molecule has 0 amide bonds. The molecule has 0 bridgehead atoms. The van der Waals surface area contributed by atoms with Crippen LogP contribution in [0.25, 0.3) is 0 Å². The highest BCUT2D eigenvalue weighted by Crippen LogP contribution is 2.14. The molecule has 0 saturated carbocycles. The lowest BCUT2D eigenvalue weighted by atomic mass is 10.1. The number of hydrogen-bond donors (Lipinski definition) is 1. The molecule has 1 rings (SSSR count). The van der Waals surface area contributed by atoms with Crippen molar-refractivity contribution in [2.45, 2.75) is 26.2 Å². The summed E-state index contributed by atoms with van der Waals surface area (Å²) in [6.07, 6.45) is 3.49. The Labute approximate surface area is 96.7 Å². The highest BCUT2D eigenvalue weighted by molar-refractivity contribution is 5.73. The maximum atomic E-state index is 10.5. The highest BCUT2D eigenvalue weighted by atomic mass is 16.4. The van der Waals surface area contributed by atoms with Crippen LogP contribution in [0.3, 0.4) is 0 Å². The van der Waals surface area contributed by atoms with Crippen molar-refractivity contribution >= 4 is 11.7 Å². The van der Waals surface area contributed by atoms with E-state index in [1.807, 2.05) is 12.1 Å². The third-order valence-corrected chi connectivity index (χ3v) is 2.57. The molecular formula is C13H19NO2. The Morgan fingerprint density at radius 3 is 2.44 bits per heavy atom. The van der Waals surface area contributed by atoms with E-state index in [4.69, 9.17) is 5.11 Å². The van der Waals surface area contributed by atoms with Gasteiger partial charge in [-0.3, -0.25) is 4.79 Å². The molecule has 0 aliphatic carbocycles. The van der Waals surface area contributed by atoms with E-state index in [1.54, 1.807) is 11.9 Å². The van der Waals surface area contributed by atoms with Gasteiger partial charge in [-0.2, -0.15) is 0 Å². The third kappa shape index (κ3) is 3.93. The van der Waals surface area contributed by atoms with Crippen LogP contribution in [0.15, 0.2) is 24.3 Å². The molecule has 0 atom stereocenters. The number of aryl methyl sites for hydroxylation is 1. The van der Waals surface area contributed by atoms with Gasteiger partial charge in [0.25, 0.3) is 0 Å². The fraction of sp³-hybridized carbons (Fsp3) is 0.462. The molecule has 1 aromatic carbocycles. The third-order valence-electron chi connectivity index (χ3n) is 2.57. The second-order valence-corrected chi connectivity index (χ2v) is 4.02. The highest BCUT2D eigenvalue weighted by Gasteiger charge is 2.04. The first-order chi connectivity index (χ1) is 7.63. The molecular weight excluding hydrogens is 202 g/mol. The monoisotopic (exact) mass is 221 g/mol. The van der Waals surface area contributed by atoms with Crippen LogP contribution in [0.1, 0.15) is 25.3 Å². The molecule has 0 aliphatic heterocycles. The van der Waals surface area contributed by atoms with E-state index in [-0.39, 0.29) is 6.54 Å². The maximum absolute atomic E-state index is 10.5. The Morgan fingerprint density at radius 2 is 1.94 bits per heavy atom. The lowest BCUT2D eigenvalue weighted by molar-refractivity contribution is -0.135.